The van der Waals surface area contributed by atoms with Gasteiger partial charge in [0.15, 0.2) is 5.84 Å². The highest BCUT2D eigenvalue weighted by atomic mass is 19.1. The maximum Gasteiger partial charge on any atom is 0.176 e. The molecule has 1 aliphatic rings. The first-order chi connectivity index (χ1) is 9.72. The lowest BCUT2D eigenvalue weighted by Gasteiger charge is -2.26. The van der Waals surface area contributed by atoms with E-state index in [1.807, 2.05) is 0 Å². The van der Waals surface area contributed by atoms with Crippen LogP contribution in [0.5, 0.6) is 5.75 Å². The third kappa shape index (κ3) is 3.58. The van der Waals surface area contributed by atoms with Crippen molar-refractivity contribution in [1.82, 2.24) is 4.90 Å². The molecule has 0 radical (unpaired) electrons. The van der Waals surface area contributed by atoms with Crippen molar-refractivity contribution < 1.29 is 19.1 Å². The minimum Gasteiger partial charge on any atom is -0.491 e. The molecule has 1 saturated heterocycles. The molecule has 0 atom stereocenters. The molecule has 0 saturated carbocycles. The average molecular weight is 283 g/mol. The Hall–Kier alpha value is -1.86. The van der Waals surface area contributed by atoms with Gasteiger partial charge in [0.2, 0.25) is 0 Å². The van der Waals surface area contributed by atoms with Gasteiger partial charge >= 0.3 is 0 Å². The summed E-state index contributed by atoms with van der Waals surface area (Å²) in [4.78, 5) is 2.20. The molecule has 1 fully saturated rings. The molecule has 1 heterocycles. The van der Waals surface area contributed by atoms with Crippen LogP contribution in [0.3, 0.4) is 0 Å². The number of ether oxygens (including phenoxy) is 2. The molecule has 0 aromatic heterocycles. The van der Waals surface area contributed by atoms with Crippen molar-refractivity contribution in [3.05, 3.63) is 29.6 Å². The van der Waals surface area contributed by atoms with E-state index < -0.39 is 5.82 Å². The average Bonchev–Trinajstić information content (AvgIpc) is 2.48. The second-order valence-electron chi connectivity index (χ2n) is 4.40. The van der Waals surface area contributed by atoms with Crippen molar-refractivity contribution in [2.45, 2.75) is 0 Å². The lowest BCUT2D eigenvalue weighted by atomic mass is 10.1. The van der Waals surface area contributed by atoms with Crippen molar-refractivity contribution in [2.24, 2.45) is 10.9 Å². The first-order valence-electron chi connectivity index (χ1n) is 6.41. The maximum absolute atomic E-state index is 13.7. The number of hydrogen-bond acceptors (Lipinski definition) is 5. The second kappa shape index (κ2) is 7.06. The zero-order valence-corrected chi connectivity index (χ0v) is 11.1. The minimum absolute atomic E-state index is 0.0167. The zero-order valence-electron chi connectivity index (χ0n) is 11.1. The number of rotatable bonds is 5. The van der Waals surface area contributed by atoms with Gasteiger partial charge in [0.1, 0.15) is 18.2 Å². The van der Waals surface area contributed by atoms with Crippen LogP contribution in [0.2, 0.25) is 0 Å². The Labute approximate surface area is 116 Å². The molecule has 110 valence electrons. The molecular formula is C13H18FN3O3. The van der Waals surface area contributed by atoms with E-state index in [2.05, 4.69) is 10.1 Å². The van der Waals surface area contributed by atoms with Gasteiger partial charge in [-0.15, -0.1) is 0 Å². The molecule has 7 heteroatoms. The Morgan fingerprint density at radius 1 is 1.45 bits per heavy atom. The van der Waals surface area contributed by atoms with Gasteiger partial charge in [-0.2, -0.15) is 0 Å². The van der Waals surface area contributed by atoms with Crippen LogP contribution >= 0.6 is 0 Å². The van der Waals surface area contributed by atoms with Crippen molar-refractivity contribution in [3.8, 4) is 5.75 Å². The van der Waals surface area contributed by atoms with Crippen LogP contribution in [0, 0.1) is 5.82 Å². The van der Waals surface area contributed by atoms with Crippen molar-refractivity contribution in [3.63, 3.8) is 0 Å². The van der Waals surface area contributed by atoms with Gasteiger partial charge in [0.25, 0.3) is 0 Å². The summed E-state index contributed by atoms with van der Waals surface area (Å²) in [7, 11) is 0. The van der Waals surface area contributed by atoms with Gasteiger partial charge in [-0.1, -0.05) is 11.2 Å². The highest BCUT2D eigenvalue weighted by Gasteiger charge is 2.15. The summed E-state index contributed by atoms with van der Waals surface area (Å²) in [5, 5.41) is 11.5. The molecule has 2 rings (SSSR count). The second-order valence-corrected chi connectivity index (χ2v) is 4.40. The molecule has 6 nitrogen and oxygen atoms in total. The number of hydrogen-bond donors (Lipinski definition) is 2. The highest BCUT2D eigenvalue weighted by molar-refractivity contribution is 5.99. The Kier molecular flexibility index (Phi) is 5.14. The normalized spacial score (nSPS) is 17.1. The Balaban J connectivity index is 1.96. The monoisotopic (exact) mass is 283 g/mol. The quantitative estimate of drug-likeness (QED) is 0.358. The fraction of sp³-hybridized carbons (Fsp3) is 0.462. The third-order valence-corrected chi connectivity index (χ3v) is 3.11. The van der Waals surface area contributed by atoms with E-state index in [4.69, 9.17) is 20.4 Å². The number of benzene rings is 1. The van der Waals surface area contributed by atoms with Gasteiger partial charge in [-0.25, -0.2) is 4.39 Å². The first-order valence-corrected chi connectivity index (χ1v) is 6.41. The summed E-state index contributed by atoms with van der Waals surface area (Å²) < 4.78 is 24.5. The Morgan fingerprint density at radius 3 is 2.90 bits per heavy atom. The number of oxime groups is 1. The van der Waals surface area contributed by atoms with Crippen LogP contribution in [0.25, 0.3) is 0 Å². The summed E-state index contributed by atoms with van der Waals surface area (Å²) in [6.07, 6.45) is 0. The largest absolute Gasteiger partial charge is 0.491 e. The van der Waals surface area contributed by atoms with Gasteiger partial charge in [0, 0.05) is 19.6 Å². The van der Waals surface area contributed by atoms with Gasteiger partial charge in [-0.05, 0) is 12.1 Å². The molecular weight excluding hydrogens is 265 g/mol. The molecule has 3 N–H and O–H groups in total. The molecule has 1 aromatic carbocycles. The summed E-state index contributed by atoms with van der Waals surface area (Å²) in [6.45, 7) is 4.27. The summed E-state index contributed by atoms with van der Waals surface area (Å²) in [5.74, 6) is -0.609. The van der Waals surface area contributed by atoms with E-state index in [-0.39, 0.29) is 17.1 Å². The molecule has 1 aliphatic heterocycles. The highest BCUT2D eigenvalue weighted by Crippen LogP contribution is 2.21. The number of amidine groups is 1. The van der Waals surface area contributed by atoms with Gasteiger partial charge in [-0.3, -0.25) is 4.90 Å². The van der Waals surface area contributed by atoms with Crippen LogP contribution < -0.4 is 10.5 Å². The van der Waals surface area contributed by atoms with Crippen LogP contribution in [-0.4, -0.2) is 55.4 Å². The maximum atomic E-state index is 13.7. The zero-order chi connectivity index (χ0) is 14.4. The molecule has 0 amide bonds. The molecule has 0 aliphatic carbocycles. The van der Waals surface area contributed by atoms with Crippen LogP contribution in [0.4, 0.5) is 4.39 Å². The van der Waals surface area contributed by atoms with E-state index in [0.29, 0.717) is 6.61 Å². The van der Waals surface area contributed by atoms with E-state index in [1.54, 1.807) is 6.07 Å². The van der Waals surface area contributed by atoms with Gasteiger partial charge < -0.3 is 20.4 Å². The molecule has 1 aromatic rings. The van der Waals surface area contributed by atoms with Gasteiger partial charge in [0.05, 0.1) is 18.8 Å². The lowest BCUT2D eigenvalue weighted by molar-refractivity contribution is 0.0322. The topological polar surface area (TPSA) is 80.3 Å². The van der Waals surface area contributed by atoms with Crippen LogP contribution in [-0.2, 0) is 4.74 Å². The Morgan fingerprint density at radius 2 is 2.20 bits per heavy atom. The minimum atomic E-state index is -0.579. The fourth-order valence-electron chi connectivity index (χ4n) is 2.03. The van der Waals surface area contributed by atoms with E-state index in [9.17, 15) is 4.39 Å². The molecule has 0 bridgehead atoms. The van der Waals surface area contributed by atoms with Crippen molar-refractivity contribution >= 4 is 5.84 Å². The predicted octanol–water partition coefficient (Wildman–Crippen LogP) is 0.631. The smallest absolute Gasteiger partial charge is 0.176 e. The van der Waals surface area contributed by atoms with Crippen molar-refractivity contribution in [2.75, 3.05) is 39.5 Å². The number of halogens is 1. The third-order valence-electron chi connectivity index (χ3n) is 3.11. The van der Waals surface area contributed by atoms with Crippen molar-refractivity contribution in [1.29, 1.82) is 0 Å². The Bertz CT molecular complexity index is 476. The standard InChI is InChI=1S/C13H18FN3O3/c14-10-2-1-3-11(12(10)13(15)16-18)20-9-6-17-4-7-19-8-5-17/h1-3,18H,4-9H2,(H2,15,16). The molecule has 20 heavy (non-hydrogen) atoms. The fourth-order valence-corrected chi connectivity index (χ4v) is 2.03. The van der Waals surface area contributed by atoms with E-state index >= 15 is 0 Å². The number of morpholine rings is 1. The lowest BCUT2D eigenvalue weighted by Crippen LogP contribution is -2.38. The SMILES string of the molecule is N/C(=N\O)c1c(F)cccc1OCCN1CCOCC1. The first kappa shape index (κ1) is 14.5. The van der Waals surface area contributed by atoms with Crippen LogP contribution in [0.15, 0.2) is 23.4 Å². The summed E-state index contributed by atoms with van der Waals surface area (Å²) in [6, 6.07) is 4.35. The number of nitrogens with two attached hydrogens (primary N) is 1. The van der Waals surface area contributed by atoms with E-state index in [1.165, 1.54) is 12.1 Å². The summed E-state index contributed by atoms with van der Waals surface area (Å²) in [5.41, 5.74) is 5.45. The summed E-state index contributed by atoms with van der Waals surface area (Å²) >= 11 is 0. The number of nitrogens with zero attached hydrogens (tertiary/aromatic N) is 2. The molecule has 0 unspecified atom stereocenters. The van der Waals surface area contributed by atoms with Crippen LogP contribution in [0.1, 0.15) is 5.56 Å². The molecule has 0 spiro atoms. The van der Waals surface area contributed by atoms with E-state index in [0.717, 1.165) is 32.8 Å². The predicted molar refractivity (Wildman–Crippen MR) is 71.7 cm³/mol.